The van der Waals surface area contributed by atoms with Crippen LogP contribution in [0, 0.1) is 12.8 Å². The lowest BCUT2D eigenvalue weighted by atomic mass is 9.99. The molecule has 1 aliphatic heterocycles. The summed E-state index contributed by atoms with van der Waals surface area (Å²) in [4.78, 5) is 15.5. The summed E-state index contributed by atoms with van der Waals surface area (Å²) in [5, 5.41) is 2.94. The molecule has 1 fully saturated rings. The van der Waals surface area contributed by atoms with Crippen LogP contribution in [0.3, 0.4) is 0 Å². The maximum absolute atomic E-state index is 13.3. The number of morpholine rings is 1. The number of para-hydroxylation sites is 2. The molecule has 3 unspecified atom stereocenters. The third-order valence-electron chi connectivity index (χ3n) is 5.84. The van der Waals surface area contributed by atoms with Crippen LogP contribution in [0.5, 0.6) is 5.75 Å². The molecule has 2 aromatic rings. The smallest absolute Gasteiger partial charge is 0.262 e. The molecule has 1 heterocycles. The molecule has 34 heavy (non-hydrogen) atoms. The molecule has 3 atom stereocenters. The Hall–Kier alpha value is -2.62. The number of nitrogens with zero attached hydrogens (tertiary/aromatic N) is 1. The molecular formula is C25H35N3O5S. The second kappa shape index (κ2) is 10.8. The van der Waals surface area contributed by atoms with Crippen molar-refractivity contribution in [3.05, 3.63) is 48.0 Å². The SMILES string of the molecule is COc1ccccc1NS(=O)(=O)c1cc(NC(=O)C(C(C)C)N2CC(C)OC(C)C2)ccc1C. The summed E-state index contributed by atoms with van der Waals surface area (Å²) >= 11 is 0. The van der Waals surface area contributed by atoms with Gasteiger partial charge in [-0.2, -0.15) is 0 Å². The summed E-state index contributed by atoms with van der Waals surface area (Å²) in [7, 11) is -2.43. The van der Waals surface area contributed by atoms with Gasteiger partial charge in [-0.1, -0.05) is 32.0 Å². The van der Waals surface area contributed by atoms with Gasteiger partial charge in [-0.15, -0.1) is 0 Å². The number of anilines is 2. The van der Waals surface area contributed by atoms with Crippen molar-refractivity contribution in [1.82, 2.24) is 4.90 Å². The largest absolute Gasteiger partial charge is 0.495 e. The van der Waals surface area contributed by atoms with E-state index < -0.39 is 10.0 Å². The van der Waals surface area contributed by atoms with E-state index in [1.807, 2.05) is 27.7 Å². The molecule has 1 amide bonds. The van der Waals surface area contributed by atoms with Gasteiger partial charge in [0.2, 0.25) is 5.91 Å². The van der Waals surface area contributed by atoms with Gasteiger partial charge in [0.1, 0.15) is 5.75 Å². The number of sulfonamides is 1. The fourth-order valence-corrected chi connectivity index (χ4v) is 5.79. The van der Waals surface area contributed by atoms with E-state index in [1.54, 1.807) is 43.3 Å². The molecule has 2 aromatic carbocycles. The van der Waals surface area contributed by atoms with Crippen LogP contribution in [0.15, 0.2) is 47.4 Å². The van der Waals surface area contributed by atoms with E-state index in [-0.39, 0.29) is 35.0 Å². The zero-order valence-corrected chi connectivity index (χ0v) is 21.5. The fourth-order valence-electron chi connectivity index (χ4n) is 4.45. The Labute approximate surface area is 202 Å². The highest BCUT2D eigenvalue weighted by Crippen LogP contribution is 2.29. The molecule has 2 N–H and O–H groups in total. The summed E-state index contributed by atoms with van der Waals surface area (Å²) < 4.78 is 40.0. The van der Waals surface area contributed by atoms with Crippen molar-refractivity contribution in [3.63, 3.8) is 0 Å². The van der Waals surface area contributed by atoms with Crippen molar-refractivity contribution in [1.29, 1.82) is 0 Å². The van der Waals surface area contributed by atoms with Gasteiger partial charge in [0.05, 0.1) is 35.9 Å². The van der Waals surface area contributed by atoms with Gasteiger partial charge < -0.3 is 14.8 Å². The second-order valence-electron chi connectivity index (χ2n) is 9.18. The van der Waals surface area contributed by atoms with E-state index >= 15 is 0 Å². The molecule has 0 spiro atoms. The first kappa shape index (κ1) is 26.0. The zero-order valence-electron chi connectivity index (χ0n) is 20.7. The van der Waals surface area contributed by atoms with E-state index in [9.17, 15) is 13.2 Å². The van der Waals surface area contributed by atoms with Crippen LogP contribution in [-0.4, -0.2) is 57.7 Å². The summed E-state index contributed by atoms with van der Waals surface area (Å²) in [6.07, 6.45) is 0.0740. The summed E-state index contributed by atoms with van der Waals surface area (Å²) in [5.74, 6) is 0.321. The van der Waals surface area contributed by atoms with Crippen molar-refractivity contribution < 1.29 is 22.7 Å². The Morgan fingerprint density at radius 3 is 2.38 bits per heavy atom. The van der Waals surface area contributed by atoms with E-state index in [4.69, 9.17) is 9.47 Å². The fraction of sp³-hybridized carbons (Fsp3) is 0.480. The van der Waals surface area contributed by atoms with Crippen LogP contribution in [-0.2, 0) is 19.6 Å². The molecule has 0 aliphatic carbocycles. The number of carbonyl (C=O) groups excluding carboxylic acids is 1. The second-order valence-corrected chi connectivity index (χ2v) is 10.8. The number of amides is 1. The summed E-state index contributed by atoms with van der Waals surface area (Å²) in [5.41, 5.74) is 1.34. The van der Waals surface area contributed by atoms with E-state index in [1.165, 1.54) is 13.2 Å². The molecule has 8 nitrogen and oxygen atoms in total. The average Bonchev–Trinajstić information content (AvgIpc) is 2.74. The Morgan fingerprint density at radius 2 is 1.76 bits per heavy atom. The van der Waals surface area contributed by atoms with Gasteiger partial charge in [0, 0.05) is 18.8 Å². The Balaban J connectivity index is 1.84. The van der Waals surface area contributed by atoms with Crippen LogP contribution in [0.2, 0.25) is 0 Å². The molecule has 0 radical (unpaired) electrons. The van der Waals surface area contributed by atoms with E-state index in [0.29, 0.717) is 35.8 Å². The molecule has 186 valence electrons. The van der Waals surface area contributed by atoms with Gasteiger partial charge in [-0.05, 0) is 56.5 Å². The monoisotopic (exact) mass is 489 g/mol. The molecule has 9 heteroatoms. The summed E-state index contributed by atoms with van der Waals surface area (Å²) in [6, 6.07) is 11.3. The lowest BCUT2D eigenvalue weighted by molar-refractivity contribution is -0.130. The number of hydrogen-bond acceptors (Lipinski definition) is 6. The van der Waals surface area contributed by atoms with Crippen LogP contribution in [0.4, 0.5) is 11.4 Å². The van der Waals surface area contributed by atoms with Crippen molar-refractivity contribution in [3.8, 4) is 5.75 Å². The number of methoxy groups -OCH3 is 1. The van der Waals surface area contributed by atoms with Gasteiger partial charge in [0.15, 0.2) is 0 Å². The number of carbonyl (C=O) groups is 1. The maximum atomic E-state index is 13.3. The molecular weight excluding hydrogens is 454 g/mol. The van der Waals surface area contributed by atoms with Gasteiger partial charge in [-0.3, -0.25) is 14.4 Å². The molecule has 3 rings (SSSR count). The third kappa shape index (κ3) is 6.08. The molecule has 1 aliphatic rings. The standard InChI is InChI=1S/C25H35N3O5S/c1-16(2)24(28-14-18(4)33-19(5)15-28)25(29)26-20-12-11-17(3)23(13-20)34(30,31)27-21-9-7-8-10-22(21)32-6/h7-13,16,18-19,24,27H,14-15H2,1-6H3,(H,26,29). The molecule has 0 aromatic heterocycles. The number of nitrogens with one attached hydrogen (secondary N) is 2. The quantitative estimate of drug-likeness (QED) is 0.584. The number of benzene rings is 2. The lowest BCUT2D eigenvalue weighted by Crippen LogP contribution is -2.55. The van der Waals surface area contributed by atoms with Crippen LogP contribution >= 0.6 is 0 Å². The van der Waals surface area contributed by atoms with Crippen molar-refractivity contribution in [2.45, 2.75) is 57.8 Å². The summed E-state index contributed by atoms with van der Waals surface area (Å²) in [6.45, 7) is 11.1. The topological polar surface area (TPSA) is 97.0 Å². The van der Waals surface area contributed by atoms with Gasteiger partial charge >= 0.3 is 0 Å². The zero-order chi connectivity index (χ0) is 25.0. The van der Waals surface area contributed by atoms with Crippen LogP contribution in [0.25, 0.3) is 0 Å². The predicted octanol–water partition coefficient (Wildman–Crippen LogP) is 3.88. The highest BCUT2D eigenvalue weighted by atomic mass is 32.2. The van der Waals surface area contributed by atoms with Crippen molar-refractivity contribution in [2.24, 2.45) is 5.92 Å². The highest BCUT2D eigenvalue weighted by molar-refractivity contribution is 7.92. The first-order valence-electron chi connectivity index (χ1n) is 11.5. The highest BCUT2D eigenvalue weighted by Gasteiger charge is 2.34. The number of ether oxygens (including phenoxy) is 2. The normalized spacial score (nSPS) is 20.1. The van der Waals surface area contributed by atoms with Crippen molar-refractivity contribution in [2.75, 3.05) is 30.2 Å². The minimum absolute atomic E-state index is 0.0370. The Bertz CT molecular complexity index is 1110. The minimum Gasteiger partial charge on any atom is -0.495 e. The third-order valence-corrected chi connectivity index (χ3v) is 7.35. The maximum Gasteiger partial charge on any atom is 0.262 e. The number of aryl methyl sites for hydroxylation is 1. The first-order chi connectivity index (χ1) is 16.0. The van der Waals surface area contributed by atoms with Gasteiger partial charge in [-0.25, -0.2) is 8.42 Å². The van der Waals surface area contributed by atoms with Crippen molar-refractivity contribution >= 4 is 27.3 Å². The Kier molecular flexibility index (Phi) is 8.22. The first-order valence-corrected chi connectivity index (χ1v) is 13.0. The van der Waals surface area contributed by atoms with Gasteiger partial charge in [0.25, 0.3) is 10.0 Å². The molecule has 0 bridgehead atoms. The average molecular weight is 490 g/mol. The predicted molar refractivity (Wildman–Crippen MR) is 134 cm³/mol. The van der Waals surface area contributed by atoms with E-state index in [0.717, 1.165) is 0 Å². The minimum atomic E-state index is -3.91. The van der Waals surface area contributed by atoms with Crippen LogP contribution < -0.4 is 14.8 Å². The molecule has 1 saturated heterocycles. The molecule has 0 saturated carbocycles. The number of hydrogen-bond donors (Lipinski definition) is 2. The Morgan fingerprint density at radius 1 is 1.12 bits per heavy atom. The van der Waals surface area contributed by atoms with E-state index in [2.05, 4.69) is 14.9 Å². The number of rotatable bonds is 8. The van der Waals surface area contributed by atoms with Crippen LogP contribution in [0.1, 0.15) is 33.3 Å². The lowest BCUT2D eigenvalue weighted by Gasteiger charge is -2.41.